The Bertz CT molecular complexity index is 1960. The molecule has 53 heavy (non-hydrogen) atoms. The number of alkyl carbamates (subject to hydrolysis) is 1. The van der Waals surface area contributed by atoms with Crippen molar-refractivity contribution in [1.82, 2.24) is 25.2 Å². The molecule has 14 heteroatoms. The molecule has 1 aromatic heterocycles. The molecule has 0 radical (unpaired) electrons. The molecule has 1 unspecified atom stereocenters. The van der Waals surface area contributed by atoms with Gasteiger partial charge in [-0.25, -0.2) is 18.2 Å². The van der Waals surface area contributed by atoms with E-state index in [1.165, 1.54) is 11.0 Å². The van der Waals surface area contributed by atoms with E-state index in [9.17, 15) is 27.6 Å². The molecule has 3 N–H and O–H groups in total. The summed E-state index contributed by atoms with van der Waals surface area (Å²) in [5, 5.41) is 6.86. The highest BCUT2D eigenvalue weighted by Crippen LogP contribution is 2.46. The first-order valence-corrected chi connectivity index (χ1v) is 20.6. The van der Waals surface area contributed by atoms with Gasteiger partial charge in [0.15, 0.2) is 0 Å². The Morgan fingerprint density at radius 3 is 2.57 bits per heavy atom. The number of nitrogens with zero attached hydrogens (tertiary/aromatic N) is 2. The van der Waals surface area contributed by atoms with Crippen LogP contribution in [0.3, 0.4) is 0 Å². The van der Waals surface area contributed by atoms with Crippen LogP contribution in [-0.2, 0) is 29.1 Å². The number of carbonyl (C=O) groups is 4. The van der Waals surface area contributed by atoms with Gasteiger partial charge in [-0.3, -0.25) is 19.1 Å². The number of pyridine rings is 1. The van der Waals surface area contributed by atoms with Gasteiger partial charge in [0.05, 0.1) is 11.8 Å². The van der Waals surface area contributed by atoms with Gasteiger partial charge < -0.3 is 25.0 Å². The number of amides is 4. The van der Waals surface area contributed by atoms with E-state index in [0.717, 1.165) is 67.7 Å². The van der Waals surface area contributed by atoms with Crippen LogP contribution in [0.25, 0.3) is 16.8 Å². The van der Waals surface area contributed by atoms with E-state index < -0.39 is 68.7 Å². The van der Waals surface area contributed by atoms with Crippen LogP contribution >= 0.6 is 0 Å². The van der Waals surface area contributed by atoms with Gasteiger partial charge in [-0.05, 0) is 92.7 Å². The summed E-state index contributed by atoms with van der Waals surface area (Å²) in [7, 11) is -3.88. The Kier molecular flexibility index (Phi) is 9.44. The van der Waals surface area contributed by atoms with E-state index in [2.05, 4.69) is 39.1 Å². The highest BCUT2D eigenvalue weighted by atomic mass is 32.2. The number of rotatable bonds is 7. The molecule has 4 amide bonds. The van der Waals surface area contributed by atoms with Crippen LogP contribution in [0.4, 0.5) is 4.79 Å². The van der Waals surface area contributed by atoms with Gasteiger partial charge in [0.1, 0.15) is 29.8 Å². The predicted octanol–water partition coefficient (Wildman–Crippen LogP) is 4.12. The molecule has 8 rings (SSSR count). The third-order valence-corrected chi connectivity index (χ3v) is 14.0. The topological polar surface area (TPSA) is 173 Å². The molecule has 7 atom stereocenters. The van der Waals surface area contributed by atoms with Crippen LogP contribution < -0.4 is 20.1 Å². The minimum atomic E-state index is -3.88. The fourth-order valence-electron chi connectivity index (χ4n) is 8.86. The van der Waals surface area contributed by atoms with E-state index in [-0.39, 0.29) is 37.3 Å². The smallest absolute Gasteiger partial charge is 0.408 e. The Labute approximate surface area is 309 Å². The minimum absolute atomic E-state index is 0.0272. The normalized spacial score (nSPS) is 32.5. The Balaban J connectivity index is 1.13. The maximum absolute atomic E-state index is 14.7. The number of nitrogens with one attached hydrogen (secondary N) is 3. The van der Waals surface area contributed by atoms with Crippen molar-refractivity contribution in [3.8, 4) is 5.88 Å². The van der Waals surface area contributed by atoms with Crippen molar-refractivity contribution in [1.29, 1.82) is 0 Å². The summed E-state index contributed by atoms with van der Waals surface area (Å²) in [5.74, 6) is -1.97. The molecule has 13 nitrogen and oxygen atoms in total. The summed E-state index contributed by atoms with van der Waals surface area (Å²) in [4.78, 5) is 62.2. The van der Waals surface area contributed by atoms with Crippen LogP contribution in [-0.4, -0.2) is 83.7 Å². The maximum Gasteiger partial charge on any atom is 0.408 e. The Hall–Kier alpha value is -4.46. The monoisotopic (exact) mass is 745 g/mol. The summed E-state index contributed by atoms with van der Waals surface area (Å²) < 4.78 is 40.2. The lowest BCUT2D eigenvalue weighted by molar-refractivity contribution is -0.142. The molecule has 2 aliphatic heterocycles. The van der Waals surface area contributed by atoms with Crippen molar-refractivity contribution in [3.63, 3.8) is 0 Å². The molecule has 2 aromatic rings. The number of aromatic nitrogens is 1. The molecule has 282 valence electrons. The summed E-state index contributed by atoms with van der Waals surface area (Å²) in [6.45, 7) is 3.83. The first-order valence-electron chi connectivity index (χ1n) is 19.0. The van der Waals surface area contributed by atoms with E-state index in [0.29, 0.717) is 18.7 Å². The highest BCUT2D eigenvalue weighted by molar-refractivity contribution is 7.91. The van der Waals surface area contributed by atoms with Crippen LogP contribution in [0, 0.1) is 17.8 Å². The average molecular weight is 746 g/mol. The second-order valence-electron chi connectivity index (χ2n) is 15.7. The molecular weight excluding hydrogens is 699 g/mol. The molecule has 6 aliphatic rings. The molecule has 0 spiro atoms. The van der Waals surface area contributed by atoms with Crippen molar-refractivity contribution in [2.75, 3.05) is 6.54 Å². The van der Waals surface area contributed by atoms with E-state index in [4.69, 9.17) is 9.47 Å². The first kappa shape index (κ1) is 35.6. The molecule has 5 fully saturated rings. The minimum Gasteiger partial charge on any atom is -0.472 e. The molecular formula is C39H47N5O8S. The lowest BCUT2D eigenvalue weighted by Crippen LogP contribution is -2.59. The summed E-state index contributed by atoms with van der Waals surface area (Å²) in [6.07, 6.45) is 13.6. The largest absolute Gasteiger partial charge is 0.472 e. The first-order chi connectivity index (χ1) is 25.5. The second-order valence-corrected chi connectivity index (χ2v) is 17.7. The predicted molar refractivity (Wildman–Crippen MR) is 196 cm³/mol. The maximum atomic E-state index is 14.7. The van der Waals surface area contributed by atoms with Crippen molar-refractivity contribution < 1.29 is 37.1 Å². The van der Waals surface area contributed by atoms with Crippen molar-refractivity contribution in [2.45, 2.75) is 112 Å². The van der Waals surface area contributed by atoms with Crippen LogP contribution in [0.15, 0.2) is 49.2 Å². The van der Waals surface area contributed by atoms with Gasteiger partial charge in [0.25, 0.3) is 5.91 Å². The van der Waals surface area contributed by atoms with Crippen molar-refractivity contribution >= 4 is 50.7 Å². The van der Waals surface area contributed by atoms with Gasteiger partial charge in [-0.15, -0.1) is 6.58 Å². The van der Waals surface area contributed by atoms with Crippen molar-refractivity contribution in [3.05, 3.63) is 54.8 Å². The van der Waals surface area contributed by atoms with Crippen LogP contribution in [0.1, 0.15) is 82.6 Å². The number of hydrogen-bond acceptors (Lipinski definition) is 9. The fourth-order valence-corrected chi connectivity index (χ4v) is 10.2. The average Bonchev–Trinajstić information content (AvgIpc) is 3.93. The SMILES string of the molecule is C=CC1C[C@]1(NC(=O)[C@@H]1C[C@@H]2CN1C(=O)[C@H](C1CCCC1)NC(=O)O[C@@H]1CCC[C@H]1C/C=C/c1ccc3ccnc(c3c1)O2)C(=O)NS(=O)(=O)C1CC1. The van der Waals surface area contributed by atoms with Gasteiger partial charge in [0, 0.05) is 23.9 Å². The molecule has 3 heterocycles. The summed E-state index contributed by atoms with van der Waals surface area (Å²) >= 11 is 0. The van der Waals surface area contributed by atoms with E-state index >= 15 is 0 Å². The highest BCUT2D eigenvalue weighted by Gasteiger charge is 2.62. The van der Waals surface area contributed by atoms with E-state index in [1.807, 2.05) is 24.3 Å². The number of fused-ring (bicyclic) bond motifs is 4. The van der Waals surface area contributed by atoms with Gasteiger partial charge >= 0.3 is 6.09 Å². The van der Waals surface area contributed by atoms with Gasteiger partial charge in [-0.2, -0.15) is 0 Å². The van der Waals surface area contributed by atoms with Crippen LogP contribution in [0.2, 0.25) is 0 Å². The lowest BCUT2D eigenvalue weighted by atomic mass is 9.96. The number of ether oxygens (including phenoxy) is 2. The Morgan fingerprint density at radius 1 is 1.02 bits per heavy atom. The number of carbonyl (C=O) groups excluding carboxylic acids is 4. The number of allylic oxidation sites excluding steroid dienone is 1. The summed E-state index contributed by atoms with van der Waals surface area (Å²) in [6, 6.07) is 5.91. The zero-order valence-electron chi connectivity index (χ0n) is 29.7. The standard InChI is InChI=1S/C39H47N5O8S/c1-2-27-21-39(27,37(47)43-53(49,50)29-15-16-29)42-34(45)31-20-28-22-44(31)36(46)33(26-8-3-4-9-26)41-38(48)52-32-12-6-11-25(32)10-5-7-23-13-14-24-17-18-40-35(51-28)30(24)19-23/h2,5,7,13-14,17-19,25-29,31-33H,1,3-4,6,8-12,15-16,20-22H2,(H,41,48)(H,42,45)(H,43,47)/b7-5+/t25-,27?,28-,31+,32-,33+,39-/m1/s1. The Morgan fingerprint density at radius 2 is 1.81 bits per heavy atom. The second kappa shape index (κ2) is 14.1. The molecule has 4 bridgehead atoms. The summed E-state index contributed by atoms with van der Waals surface area (Å²) in [5.41, 5.74) is -0.565. The molecule has 4 saturated carbocycles. The quantitative estimate of drug-likeness (QED) is 0.353. The fraction of sp³-hybridized carbons (Fsp3) is 0.564. The number of hydrogen-bond donors (Lipinski definition) is 3. The third kappa shape index (κ3) is 7.14. The lowest BCUT2D eigenvalue weighted by Gasteiger charge is -2.32. The number of benzene rings is 1. The van der Waals surface area contributed by atoms with E-state index in [1.54, 1.807) is 6.20 Å². The van der Waals surface area contributed by atoms with Crippen molar-refractivity contribution in [2.24, 2.45) is 17.8 Å². The zero-order chi connectivity index (χ0) is 36.9. The zero-order valence-corrected chi connectivity index (χ0v) is 30.5. The molecule has 4 aliphatic carbocycles. The number of sulfonamides is 1. The van der Waals surface area contributed by atoms with Crippen LogP contribution in [0.5, 0.6) is 5.88 Å². The molecule has 1 aromatic carbocycles. The third-order valence-electron chi connectivity index (χ3n) is 12.1. The van der Waals surface area contributed by atoms with Gasteiger partial charge in [0.2, 0.25) is 27.7 Å². The molecule has 1 saturated heterocycles. The van der Waals surface area contributed by atoms with Gasteiger partial charge in [-0.1, -0.05) is 43.2 Å².